The van der Waals surface area contributed by atoms with Crippen molar-refractivity contribution >= 4 is 11.8 Å². The Balaban J connectivity index is 2.31. The second-order valence-electron chi connectivity index (χ2n) is 4.78. The van der Waals surface area contributed by atoms with Crippen LogP contribution in [0.15, 0.2) is 0 Å². The summed E-state index contributed by atoms with van der Waals surface area (Å²) in [4.78, 5) is 25.0. The summed E-state index contributed by atoms with van der Waals surface area (Å²) >= 11 is 0. The number of nitrogens with one attached hydrogen (secondary N) is 1. The third-order valence-electron chi connectivity index (χ3n) is 3.33. The van der Waals surface area contributed by atoms with E-state index in [1.165, 1.54) is 6.92 Å². The summed E-state index contributed by atoms with van der Waals surface area (Å²) < 4.78 is 4.91. The highest BCUT2D eigenvalue weighted by molar-refractivity contribution is 5.83. The van der Waals surface area contributed by atoms with Crippen LogP contribution in [0.1, 0.15) is 39.0 Å². The number of carbonyl (C=O) groups is 2. The molecule has 1 saturated carbocycles. The Morgan fingerprint density at radius 2 is 2.00 bits per heavy atom. The van der Waals surface area contributed by atoms with Gasteiger partial charge in [0.25, 0.3) is 0 Å². The molecule has 5 nitrogen and oxygen atoms in total. The Kier molecular flexibility index (Phi) is 6.72. The molecule has 0 bridgehead atoms. The molecule has 0 unspecified atom stereocenters. The molecule has 0 heterocycles. The van der Waals surface area contributed by atoms with Gasteiger partial charge in [-0.05, 0) is 19.3 Å². The van der Waals surface area contributed by atoms with Crippen LogP contribution in [0.3, 0.4) is 0 Å². The molecule has 104 valence electrons. The predicted molar refractivity (Wildman–Crippen MR) is 69.1 cm³/mol. The molecule has 0 spiro atoms. The Hall–Kier alpha value is -1.10. The zero-order valence-electron chi connectivity index (χ0n) is 11.4. The molecule has 0 saturated heterocycles. The van der Waals surface area contributed by atoms with Crippen LogP contribution in [0.4, 0.5) is 0 Å². The van der Waals surface area contributed by atoms with Gasteiger partial charge in [-0.15, -0.1) is 0 Å². The second-order valence-corrected chi connectivity index (χ2v) is 4.78. The lowest BCUT2D eigenvalue weighted by atomic mass is 10.2. The topological polar surface area (TPSA) is 58.6 Å². The minimum absolute atomic E-state index is 0.00561. The number of carbonyl (C=O) groups excluding carboxylic acids is 2. The zero-order valence-corrected chi connectivity index (χ0v) is 11.4. The van der Waals surface area contributed by atoms with Gasteiger partial charge in [-0.3, -0.25) is 9.59 Å². The van der Waals surface area contributed by atoms with E-state index in [0.717, 1.165) is 32.1 Å². The summed E-state index contributed by atoms with van der Waals surface area (Å²) in [5.74, 6) is -0.0813. The number of amides is 2. The van der Waals surface area contributed by atoms with Crippen molar-refractivity contribution in [3.8, 4) is 0 Å². The average Bonchev–Trinajstić information content (AvgIpc) is 2.85. The Morgan fingerprint density at radius 3 is 2.56 bits per heavy atom. The monoisotopic (exact) mass is 256 g/mol. The molecule has 0 atom stereocenters. The second kappa shape index (κ2) is 8.08. The molecule has 1 aliphatic rings. The molecule has 0 radical (unpaired) electrons. The van der Waals surface area contributed by atoms with Gasteiger partial charge in [0.05, 0.1) is 6.54 Å². The van der Waals surface area contributed by atoms with E-state index < -0.39 is 0 Å². The molecule has 1 fully saturated rings. The summed E-state index contributed by atoms with van der Waals surface area (Å²) in [6.45, 7) is 2.96. The number of hydrogen-bond donors (Lipinski definition) is 1. The van der Waals surface area contributed by atoms with Gasteiger partial charge >= 0.3 is 0 Å². The molecule has 0 aliphatic heterocycles. The highest BCUT2D eigenvalue weighted by atomic mass is 16.5. The molecular formula is C13H24N2O3. The van der Waals surface area contributed by atoms with Gasteiger partial charge in [-0.25, -0.2) is 0 Å². The van der Waals surface area contributed by atoms with Crippen molar-refractivity contribution in [2.24, 2.45) is 0 Å². The van der Waals surface area contributed by atoms with Crippen LogP contribution in [-0.4, -0.2) is 49.6 Å². The Labute approximate surface area is 109 Å². The van der Waals surface area contributed by atoms with Crippen LogP contribution in [0.2, 0.25) is 0 Å². The van der Waals surface area contributed by atoms with Crippen molar-refractivity contribution in [1.29, 1.82) is 0 Å². The van der Waals surface area contributed by atoms with Gasteiger partial charge in [0, 0.05) is 33.2 Å². The maximum atomic E-state index is 11.7. The van der Waals surface area contributed by atoms with Crippen LogP contribution in [-0.2, 0) is 14.3 Å². The van der Waals surface area contributed by atoms with Crippen LogP contribution in [0.5, 0.6) is 0 Å². The standard InChI is InChI=1S/C13H24N2O3/c1-11(16)15(12-6-3-4-7-12)10-13(17)14-8-5-9-18-2/h12H,3-10H2,1-2H3,(H,14,17). The summed E-state index contributed by atoms with van der Waals surface area (Å²) in [7, 11) is 1.64. The molecule has 5 heteroatoms. The van der Waals surface area contributed by atoms with Crippen molar-refractivity contribution < 1.29 is 14.3 Å². The fourth-order valence-corrected chi connectivity index (χ4v) is 2.37. The Bertz CT molecular complexity index is 275. The molecule has 1 N–H and O–H groups in total. The molecule has 0 aromatic carbocycles. The minimum atomic E-state index is -0.0757. The van der Waals surface area contributed by atoms with Crippen LogP contribution >= 0.6 is 0 Å². The van der Waals surface area contributed by atoms with Crippen molar-refractivity contribution in [2.75, 3.05) is 26.8 Å². The quantitative estimate of drug-likeness (QED) is 0.689. The highest BCUT2D eigenvalue weighted by Crippen LogP contribution is 2.23. The number of ether oxygens (including phenoxy) is 1. The number of nitrogens with zero attached hydrogens (tertiary/aromatic N) is 1. The van der Waals surface area contributed by atoms with Crippen molar-refractivity contribution in [2.45, 2.75) is 45.1 Å². The van der Waals surface area contributed by atoms with E-state index in [0.29, 0.717) is 13.2 Å². The molecule has 2 amide bonds. The average molecular weight is 256 g/mol. The van der Waals surface area contributed by atoms with E-state index in [1.54, 1.807) is 12.0 Å². The fourth-order valence-electron chi connectivity index (χ4n) is 2.37. The summed E-state index contributed by atoms with van der Waals surface area (Å²) in [5, 5.41) is 2.81. The summed E-state index contributed by atoms with van der Waals surface area (Å²) in [5.41, 5.74) is 0. The van der Waals surface area contributed by atoms with Crippen LogP contribution in [0, 0.1) is 0 Å². The van der Waals surface area contributed by atoms with Gasteiger partial charge in [-0.2, -0.15) is 0 Å². The number of hydrogen-bond acceptors (Lipinski definition) is 3. The van der Waals surface area contributed by atoms with Crippen molar-refractivity contribution in [3.63, 3.8) is 0 Å². The van der Waals surface area contributed by atoms with Gasteiger partial charge in [-0.1, -0.05) is 12.8 Å². The first-order valence-electron chi connectivity index (χ1n) is 6.68. The van der Waals surface area contributed by atoms with Crippen molar-refractivity contribution in [1.82, 2.24) is 10.2 Å². The van der Waals surface area contributed by atoms with Crippen molar-refractivity contribution in [3.05, 3.63) is 0 Å². The Morgan fingerprint density at radius 1 is 1.33 bits per heavy atom. The first kappa shape index (κ1) is 15.0. The summed E-state index contributed by atoms with van der Waals surface area (Å²) in [6, 6.07) is 0.257. The van der Waals surface area contributed by atoms with E-state index in [1.807, 2.05) is 0 Å². The third-order valence-corrected chi connectivity index (χ3v) is 3.33. The maximum absolute atomic E-state index is 11.7. The number of methoxy groups -OCH3 is 1. The lowest BCUT2D eigenvalue weighted by Crippen LogP contribution is -2.44. The molecule has 18 heavy (non-hydrogen) atoms. The van der Waals surface area contributed by atoms with Gasteiger partial charge in [0.2, 0.25) is 11.8 Å². The molecule has 0 aromatic rings. The van der Waals surface area contributed by atoms with Crippen LogP contribution < -0.4 is 5.32 Å². The first-order chi connectivity index (χ1) is 8.65. The lowest BCUT2D eigenvalue weighted by molar-refractivity contribution is -0.136. The van der Waals surface area contributed by atoms with E-state index in [2.05, 4.69) is 5.32 Å². The minimum Gasteiger partial charge on any atom is -0.385 e. The molecule has 1 aliphatic carbocycles. The SMILES string of the molecule is COCCCNC(=O)CN(C(C)=O)C1CCCC1. The maximum Gasteiger partial charge on any atom is 0.239 e. The third kappa shape index (κ3) is 5.04. The zero-order chi connectivity index (χ0) is 13.4. The van der Waals surface area contributed by atoms with E-state index in [-0.39, 0.29) is 24.4 Å². The highest BCUT2D eigenvalue weighted by Gasteiger charge is 2.25. The van der Waals surface area contributed by atoms with Gasteiger partial charge < -0.3 is 15.0 Å². The van der Waals surface area contributed by atoms with Crippen LogP contribution in [0.25, 0.3) is 0 Å². The van der Waals surface area contributed by atoms with E-state index >= 15 is 0 Å². The first-order valence-corrected chi connectivity index (χ1v) is 6.68. The molecule has 0 aromatic heterocycles. The molecular weight excluding hydrogens is 232 g/mol. The predicted octanol–water partition coefficient (Wildman–Crippen LogP) is 0.930. The largest absolute Gasteiger partial charge is 0.385 e. The van der Waals surface area contributed by atoms with Gasteiger partial charge in [0.15, 0.2) is 0 Å². The number of rotatable bonds is 7. The summed E-state index contributed by atoms with van der Waals surface area (Å²) in [6.07, 6.45) is 5.16. The van der Waals surface area contributed by atoms with Gasteiger partial charge in [0.1, 0.15) is 0 Å². The normalized spacial score (nSPS) is 15.7. The fraction of sp³-hybridized carbons (Fsp3) is 0.846. The lowest BCUT2D eigenvalue weighted by Gasteiger charge is -2.27. The molecule has 1 rings (SSSR count). The van der Waals surface area contributed by atoms with E-state index in [9.17, 15) is 9.59 Å². The smallest absolute Gasteiger partial charge is 0.239 e. The van der Waals surface area contributed by atoms with E-state index in [4.69, 9.17) is 4.74 Å².